The van der Waals surface area contributed by atoms with Crippen molar-refractivity contribution in [3.63, 3.8) is 0 Å². The van der Waals surface area contributed by atoms with Crippen LogP contribution in [0, 0.1) is 28.4 Å². The molecule has 2 aliphatic heterocycles. The Morgan fingerprint density at radius 3 is 2.56 bits per heavy atom. The second-order valence-corrected chi connectivity index (χ2v) is 13.2. The van der Waals surface area contributed by atoms with E-state index < -0.39 is 58.3 Å². The lowest BCUT2D eigenvalue weighted by atomic mass is 9.65. The average Bonchev–Trinajstić information content (AvgIpc) is 3.04. The van der Waals surface area contributed by atoms with E-state index >= 15 is 0 Å². The first-order valence-corrected chi connectivity index (χ1v) is 15.2. The van der Waals surface area contributed by atoms with Crippen molar-refractivity contribution >= 4 is 23.5 Å². The molecule has 244 valence electrons. The number of benzene rings is 1. The molecule has 2 aromatic rings. The molecule has 0 unspecified atom stereocenters. The van der Waals surface area contributed by atoms with Gasteiger partial charge in [0.05, 0.1) is 5.54 Å². The van der Waals surface area contributed by atoms with Crippen LogP contribution >= 0.6 is 0 Å². The van der Waals surface area contributed by atoms with Gasteiger partial charge in [-0.1, -0.05) is 26.8 Å². The molecule has 1 fully saturated rings. The molecule has 0 spiro atoms. The third-order valence-corrected chi connectivity index (χ3v) is 9.29. The van der Waals surface area contributed by atoms with Crippen LogP contribution < -0.4 is 15.5 Å². The van der Waals surface area contributed by atoms with Gasteiger partial charge in [-0.15, -0.1) is 0 Å². The molecule has 2 bridgehead atoms. The van der Waals surface area contributed by atoms with Gasteiger partial charge in [-0.2, -0.15) is 0 Å². The quantitative estimate of drug-likeness (QED) is 0.201. The summed E-state index contributed by atoms with van der Waals surface area (Å²) in [6.45, 7) is 10.8. The molecule has 45 heavy (non-hydrogen) atoms. The van der Waals surface area contributed by atoms with E-state index in [1.54, 1.807) is 16.4 Å². The average molecular weight is 629 g/mol. The lowest BCUT2D eigenvalue weighted by Crippen LogP contribution is -2.60. The third kappa shape index (κ3) is 6.79. The summed E-state index contributed by atoms with van der Waals surface area (Å²) in [6.07, 6.45) is 3.78. The summed E-state index contributed by atoms with van der Waals surface area (Å²) < 4.78 is 40.3. The Kier molecular flexibility index (Phi) is 9.84. The van der Waals surface area contributed by atoms with Crippen LogP contribution in [-0.2, 0) is 21.6 Å². The van der Waals surface area contributed by atoms with Crippen molar-refractivity contribution in [1.29, 1.82) is 5.41 Å². The van der Waals surface area contributed by atoms with Crippen LogP contribution in [0.25, 0.3) is 0 Å². The molecule has 0 aliphatic carbocycles. The summed E-state index contributed by atoms with van der Waals surface area (Å²) in [5.74, 6) is -3.65. The summed E-state index contributed by atoms with van der Waals surface area (Å²) in [4.78, 5) is 55.5. The van der Waals surface area contributed by atoms with Crippen LogP contribution in [0.15, 0.2) is 29.2 Å². The zero-order valence-corrected chi connectivity index (χ0v) is 26.7. The second kappa shape index (κ2) is 13.1. The molecule has 1 saturated heterocycles. The van der Waals surface area contributed by atoms with E-state index in [0.717, 1.165) is 6.07 Å². The molecular weight excluding hydrogens is 586 g/mol. The Labute approximate surface area is 261 Å². The van der Waals surface area contributed by atoms with Crippen molar-refractivity contribution in [2.24, 2.45) is 11.3 Å². The maximum absolute atomic E-state index is 14.3. The van der Waals surface area contributed by atoms with Crippen molar-refractivity contribution in [3.05, 3.63) is 63.1 Å². The molecule has 3 heterocycles. The second-order valence-electron chi connectivity index (χ2n) is 13.2. The highest BCUT2D eigenvalue weighted by atomic mass is 19.1. The van der Waals surface area contributed by atoms with Gasteiger partial charge >= 0.3 is 5.97 Å². The maximum atomic E-state index is 14.3. The highest BCUT2D eigenvalue weighted by Gasteiger charge is 2.55. The van der Waals surface area contributed by atoms with E-state index in [-0.39, 0.29) is 48.3 Å². The third-order valence-electron chi connectivity index (χ3n) is 9.29. The highest BCUT2D eigenvalue weighted by Crippen LogP contribution is 2.51. The molecule has 0 saturated carbocycles. The van der Waals surface area contributed by atoms with Gasteiger partial charge in [0.2, 0.25) is 18.0 Å². The fourth-order valence-electron chi connectivity index (χ4n) is 6.32. The lowest BCUT2D eigenvalue weighted by Gasteiger charge is -2.52. The number of halogens is 2. The number of pyridine rings is 1. The van der Waals surface area contributed by atoms with Gasteiger partial charge in [0, 0.05) is 49.1 Å². The first-order chi connectivity index (χ1) is 21.1. The van der Waals surface area contributed by atoms with E-state index in [9.17, 15) is 28.0 Å². The van der Waals surface area contributed by atoms with E-state index in [0.29, 0.717) is 37.5 Å². The molecule has 2 amide bonds. The van der Waals surface area contributed by atoms with Crippen LogP contribution in [-0.4, -0.2) is 52.3 Å². The van der Waals surface area contributed by atoms with Crippen LogP contribution in [0.5, 0.6) is 5.75 Å². The number of carbonyl (C=O) groups excluding carboxylic acids is 3. The van der Waals surface area contributed by atoms with E-state index in [4.69, 9.17) is 14.9 Å². The van der Waals surface area contributed by atoms with Crippen molar-refractivity contribution in [2.45, 2.75) is 91.8 Å². The van der Waals surface area contributed by atoms with Gasteiger partial charge in [0.1, 0.15) is 17.2 Å². The minimum atomic E-state index is -0.897. The summed E-state index contributed by atoms with van der Waals surface area (Å²) >= 11 is 0. The van der Waals surface area contributed by atoms with Gasteiger partial charge in [0.25, 0.3) is 11.8 Å². The highest BCUT2D eigenvalue weighted by molar-refractivity contribution is 5.99. The van der Waals surface area contributed by atoms with Crippen molar-refractivity contribution < 1.29 is 32.6 Å². The zero-order chi connectivity index (χ0) is 33.3. The number of esters is 1. The minimum Gasteiger partial charge on any atom is -0.451 e. The molecule has 1 aromatic carbocycles. The predicted octanol–water partition coefficient (Wildman–Crippen LogP) is 5.16. The largest absolute Gasteiger partial charge is 0.451 e. The fraction of sp³-hybridized carbons (Fsp3) is 0.545. The lowest BCUT2D eigenvalue weighted by molar-refractivity contribution is -0.150. The van der Waals surface area contributed by atoms with E-state index in [1.807, 2.05) is 34.6 Å². The molecule has 2 aliphatic rings. The predicted molar refractivity (Wildman–Crippen MR) is 163 cm³/mol. The van der Waals surface area contributed by atoms with Crippen molar-refractivity contribution in [3.8, 4) is 5.75 Å². The van der Waals surface area contributed by atoms with Gasteiger partial charge in [0.15, 0.2) is 5.69 Å². The minimum absolute atomic E-state index is 0.0113. The first kappa shape index (κ1) is 33.8. The summed E-state index contributed by atoms with van der Waals surface area (Å²) in [5.41, 5.74) is -2.34. The first-order valence-electron chi connectivity index (χ1n) is 15.2. The Bertz CT molecular complexity index is 1570. The number of nitrogens with zero attached hydrogens (tertiary/aromatic N) is 2. The number of fused-ring (bicyclic) bond motifs is 4. The van der Waals surface area contributed by atoms with E-state index in [2.05, 4.69) is 5.32 Å². The zero-order valence-electron chi connectivity index (χ0n) is 26.7. The molecule has 10 nitrogen and oxygen atoms in total. The normalized spacial score (nSPS) is 22.5. The molecule has 3 atom stereocenters. The number of aromatic nitrogens is 1. The molecule has 4 rings (SSSR count). The van der Waals surface area contributed by atoms with Crippen LogP contribution in [0.4, 0.5) is 8.78 Å². The van der Waals surface area contributed by atoms with Gasteiger partial charge < -0.3 is 29.7 Å². The Hall–Kier alpha value is -4.09. The molecule has 0 radical (unpaired) electrons. The maximum Gasteiger partial charge on any atom is 0.308 e. The Morgan fingerprint density at radius 1 is 1.20 bits per heavy atom. The number of hydrogen-bond donors (Lipinski definition) is 2. The van der Waals surface area contributed by atoms with Crippen LogP contribution in [0.1, 0.15) is 100 Å². The number of nitrogens with one attached hydrogen (secondary N) is 2. The summed E-state index contributed by atoms with van der Waals surface area (Å²) in [6, 6.07) is 2.77. The van der Waals surface area contributed by atoms with Crippen molar-refractivity contribution in [1.82, 2.24) is 14.8 Å². The number of carbonyl (C=O) groups is 3. The van der Waals surface area contributed by atoms with Gasteiger partial charge in [-0.05, 0) is 63.9 Å². The number of amides is 2. The van der Waals surface area contributed by atoms with Gasteiger partial charge in [-0.3, -0.25) is 19.2 Å². The fourth-order valence-corrected chi connectivity index (χ4v) is 6.32. The summed E-state index contributed by atoms with van der Waals surface area (Å²) in [5, 5.41) is 10.9. The monoisotopic (exact) mass is 628 g/mol. The molecule has 12 heteroatoms. The molecule has 1 aromatic heterocycles. The SMILES string of the molecule is CC(=N)C[C@@]1(C)CC[C@H](C)N2C[C@@]1(C)n1cc(C(=O)NCc3ccc(F)cc3F)c(=O)c(OCOC(=O)CCC(C)C)c1C2=O. The number of ether oxygens (including phenoxy) is 2. The Morgan fingerprint density at radius 2 is 1.91 bits per heavy atom. The standard InChI is InChI=1S/C33H42F2N4O6/c1-19(2)7-10-26(40)44-18-45-29-27-31(43)38-17-33(6,32(5,14-20(3)36)12-11-21(38)4)39(27)16-24(28(29)41)30(42)37-15-22-8-9-23(34)13-25(22)35/h8-9,13,16,19,21,36H,7,10-12,14-15,17-18H2,1-6H3,(H,37,42)/t21-,32+,33+/m0/s1. The topological polar surface area (TPSA) is 131 Å². The number of hydrogen-bond acceptors (Lipinski definition) is 7. The van der Waals surface area contributed by atoms with Crippen molar-refractivity contribution in [2.75, 3.05) is 13.3 Å². The summed E-state index contributed by atoms with van der Waals surface area (Å²) in [7, 11) is 0. The molecular formula is C33H42F2N4O6. The smallest absolute Gasteiger partial charge is 0.308 e. The van der Waals surface area contributed by atoms with E-state index in [1.165, 1.54) is 12.3 Å². The molecule has 2 N–H and O–H groups in total. The van der Waals surface area contributed by atoms with Crippen LogP contribution in [0.3, 0.4) is 0 Å². The van der Waals surface area contributed by atoms with Crippen LogP contribution in [0.2, 0.25) is 0 Å². The number of rotatable bonds is 11. The Balaban J connectivity index is 1.82. The van der Waals surface area contributed by atoms with Gasteiger partial charge in [-0.25, -0.2) is 8.78 Å².